The van der Waals surface area contributed by atoms with Crippen molar-refractivity contribution >= 4 is 10.0 Å². The third-order valence-corrected chi connectivity index (χ3v) is 4.88. The highest BCUT2D eigenvalue weighted by Gasteiger charge is 2.24. The third kappa shape index (κ3) is 3.34. The number of nitrogens with one attached hydrogen (secondary N) is 1. The van der Waals surface area contributed by atoms with E-state index in [-0.39, 0.29) is 23.9 Å². The standard InChI is InChI=1S/C14H18FN3O3S/c1-10-14(22(19,20)16-8-9-21-3)11(2)18(17-10)13-6-4-12(15)5-7-13/h4-7,16H,8-9H2,1-3H3. The highest BCUT2D eigenvalue weighted by atomic mass is 32.2. The van der Waals surface area contributed by atoms with Gasteiger partial charge < -0.3 is 4.74 Å². The van der Waals surface area contributed by atoms with Crippen molar-refractivity contribution in [1.82, 2.24) is 14.5 Å². The minimum atomic E-state index is -3.68. The summed E-state index contributed by atoms with van der Waals surface area (Å²) in [4.78, 5) is 0.132. The van der Waals surface area contributed by atoms with E-state index in [9.17, 15) is 12.8 Å². The van der Waals surface area contributed by atoms with E-state index in [0.29, 0.717) is 17.1 Å². The zero-order valence-electron chi connectivity index (χ0n) is 12.6. The Hall–Kier alpha value is -1.77. The zero-order valence-corrected chi connectivity index (χ0v) is 13.4. The van der Waals surface area contributed by atoms with Crippen LogP contribution >= 0.6 is 0 Å². The van der Waals surface area contributed by atoms with Gasteiger partial charge in [0.1, 0.15) is 10.7 Å². The lowest BCUT2D eigenvalue weighted by atomic mass is 10.3. The summed E-state index contributed by atoms with van der Waals surface area (Å²) in [6, 6.07) is 5.70. The number of methoxy groups -OCH3 is 1. The van der Waals surface area contributed by atoms with Crippen molar-refractivity contribution in [2.45, 2.75) is 18.7 Å². The smallest absolute Gasteiger partial charge is 0.244 e. The third-order valence-electron chi connectivity index (χ3n) is 3.16. The largest absolute Gasteiger partial charge is 0.383 e. The van der Waals surface area contributed by atoms with Gasteiger partial charge in [0.15, 0.2) is 0 Å². The van der Waals surface area contributed by atoms with Gasteiger partial charge in [0.2, 0.25) is 10.0 Å². The van der Waals surface area contributed by atoms with Crippen LogP contribution in [0.2, 0.25) is 0 Å². The molecule has 0 spiro atoms. The van der Waals surface area contributed by atoms with Crippen molar-refractivity contribution in [3.63, 3.8) is 0 Å². The maximum Gasteiger partial charge on any atom is 0.244 e. The van der Waals surface area contributed by atoms with Gasteiger partial charge in [-0.1, -0.05) is 0 Å². The molecule has 1 heterocycles. The van der Waals surface area contributed by atoms with Gasteiger partial charge in [-0.2, -0.15) is 5.10 Å². The second kappa shape index (κ2) is 6.55. The van der Waals surface area contributed by atoms with Crippen molar-refractivity contribution in [2.75, 3.05) is 20.3 Å². The molecule has 0 unspecified atom stereocenters. The lowest BCUT2D eigenvalue weighted by Crippen LogP contribution is -2.28. The number of halogens is 1. The van der Waals surface area contributed by atoms with Crippen LogP contribution in [-0.2, 0) is 14.8 Å². The van der Waals surface area contributed by atoms with E-state index in [1.165, 1.54) is 23.9 Å². The molecule has 0 atom stereocenters. The number of sulfonamides is 1. The second-order valence-corrected chi connectivity index (χ2v) is 6.48. The number of hydrogen-bond donors (Lipinski definition) is 1. The first-order chi connectivity index (χ1) is 10.4. The van der Waals surface area contributed by atoms with Gasteiger partial charge in [0.25, 0.3) is 0 Å². The fraction of sp³-hybridized carbons (Fsp3) is 0.357. The molecule has 1 aromatic heterocycles. The summed E-state index contributed by atoms with van der Waals surface area (Å²) in [6.45, 7) is 3.75. The Morgan fingerprint density at radius 3 is 2.50 bits per heavy atom. The maximum atomic E-state index is 13.0. The van der Waals surface area contributed by atoms with Crippen LogP contribution in [0.3, 0.4) is 0 Å². The Morgan fingerprint density at radius 2 is 1.91 bits per heavy atom. The summed E-state index contributed by atoms with van der Waals surface area (Å²) in [5, 5.41) is 4.25. The summed E-state index contributed by atoms with van der Waals surface area (Å²) >= 11 is 0. The van der Waals surface area contributed by atoms with Crippen molar-refractivity contribution in [3.05, 3.63) is 41.5 Å². The van der Waals surface area contributed by atoms with E-state index in [4.69, 9.17) is 4.74 Å². The van der Waals surface area contributed by atoms with Crippen LogP contribution in [0.5, 0.6) is 0 Å². The Balaban J connectivity index is 2.41. The fourth-order valence-corrected chi connectivity index (χ4v) is 3.60. The van der Waals surface area contributed by atoms with E-state index < -0.39 is 10.0 Å². The van der Waals surface area contributed by atoms with Gasteiger partial charge >= 0.3 is 0 Å². The van der Waals surface area contributed by atoms with Crippen LogP contribution in [0.1, 0.15) is 11.4 Å². The van der Waals surface area contributed by atoms with Crippen molar-refractivity contribution in [1.29, 1.82) is 0 Å². The van der Waals surface area contributed by atoms with E-state index in [1.807, 2.05) is 0 Å². The van der Waals surface area contributed by atoms with Crippen molar-refractivity contribution in [2.24, 2.45) is 0 Å². The molecule has 0 radical (unpaired) electrons. The van der Waals surface area contributed by atoms with Crippen LogP contribution < -0.4 is 4.72 Å². The zero-order chi connectivity index (χ0) is 16.3. The molecule has 2 rings (SSSR count). The number of benzene rings is 1. The van der Waals surface area contributed by atoms with Gasteiger partial charge in [-0.05, 0) is 38.1 Å². The second-order valence-electron chi connectivity index (χ2n) is 4.78. The van der Waals surface area contributed by atoms with E-state index in [2.05, 4.69) is 9.82 Å². The predicted octanol–water partition coefficient (Wildman–Crippen LogP) is 1.55. The molecule has 22 heavy (non-hydrogen) atoms. The first-order valence-electron chi connectivity index (χ1n) is 6.67. The summed E-state index contributed by atoms with van der Waals surface area (Å²) in [7, 11) is -2.18. The molecule has 0 fully saturated rings. The summed E-state index contributed by atoms with van der Waals surface area (Å²) in [6.07, 6.45) is 0. The molecule has 0 aliphatic carbocycles. The topological polar surface area (TPSA) is 73.2 Å². The normalized spacial score (nSPS) is 11.8. The molecule has 0 bridgehead atoms. The quantitative estimate of drug-likeness (QED) is 0.817. The van der Waals surface area contributed by atoms with Gasteiger partial charge in [-0.25, -0.2) is 22.2 Å². The Bertz CT molecular complexity index is 754. The first-order valence-corrected chi connectivity index (χ1v) is 8.16. The van der Waals surface area contributed by atoms with Gasteiger partial charge in [-0.3, -0.25) is 0 Å². The van der Waals surface area contributed by atoms with E-state index >= 15 is 0 Å². The molecule has 0 aliphatic rings. The number of aryl methyl sites for hydroxylation is 1. The monoisotopic (exact) mass is 327 g/mol. The van der Waals surface area contributed by atoms with E-state index in [1.54, 1.807) is 26.0 Å². The molecule has 0 saturated carbocycles. The van der Waals surface area contributed by atoms with Crippen LogP contribution in [0, 0.1) is 19.7 Å². The molecule has 8 heteroatoms. The molecule has 6 nitrogen and oxygen atoms in total. The molecule has 0 saturated heterocycles. The number of rotatable bonds is 6. The van der Waals surface area contributed by atoms with Gasteiger partial charge in [-0.15, -0.1) is 0 Å². The fourth-order valence-electron chi connectivity index (χ4n) is 2.20. The van der Waals surface area contributed by atoms with Crippen LogP contribution in [0.4, 0.5) is 4.39 Å². The number of aromatic nitrogens is 2. The Kier molecular flexibility index (Phi) is 4.94. The van der Waals surface area contributed by atoms with Crippen molar-refractivity contribution in [3.8, 4) is 5.69 Å². The average Bonchev–Trinajstić information content (AvgIpc) is 2.75. The number of ether oxygens (including phenoxy) is 1. The van der Waals surface area contributed by atoms with Crippen LogP contribution in [-0.4, -0.2) is 38.5 Å². The lowest BCUT2D eigenvalue weighted by Gasteiger charge is -2.07. The average molecular weight is 327 g/mol. The number of nitrogens with zero attached hydrogens (tertiary/aromatic N) is 2. The molecular formula is C14H18FN3O3S. The highest BCUT2D eigenvalue weighted by Crippen LogP contribution is 2.22. The van der Waals surface area contributed by atoms with E-state index in [0.717, 1.165) is 0 Å². The summed E-state index contributed by atoms with van der Waals surface area (Å²) in [5.74, 6) is -0.362. The lowest BCUT2D eigenvalue weighted by molar-refractivity contribution is 0.204. The van der Waals surface area contributed by atoms with Crippen LogP contribution in [0.25, 0.3) is 5.69 Å². The first kappa shape index (κ1) is 16.6. The molecule has 120 valence electrons. The number of hydrogen-bond acceptors (Lipinski definition) is 4. The highest BCUT2D eigenvalue weighted by molar-refractivity contribution is 7.89. The summed E-state index contributed by atoms with van der Waals surface area (Å²) in [5.41, 5.74) is 1.45. The molecule has 2 aromatic rings. The van der Waals surface area contributed by atoms with Gasteiger partial charge in [0.05, 0.1) is 23.7 Å². The van der Waals surface area contributed by atoms with Crippen LogP contribution in [0.15, 0.2) is 29.2 Å². The minimum absolute atomic E-state index is 0.132. The minimum Gasteiger partial charge on any atom is -0.383 e. The van der Waals surface area contributed by atoms with Gasteiger partial charge in [0, 0.05) is 13.7 Å². The Morgan fingerprint density at radius 1 is 1.27 bits per heavy atom. The Labute approximate surface area is 129 Å². The maximum absolute atomic E-state index is 13.0. The summed E-state index contributed by atoms with van der Waals surface area (Å²) < 4.78 is 46.5. The van der Waals surface area contributed by atoms with Crippen molar-refractivity contribution < 1.29 is 17.5 Å². The molecule has 0 amide bonds. The molecule has 1 N–H and O–H groups in total. The molecule has 0 aliphatic heterocycles. The molecule has 1 aromatic carbocycles. The predicted molar refractivity (Wildman–Crippen MR) is 80.1 cm³/mol. The molecular weight excluding hydrogens is 309 g/mol. The SMILES string of the molecule is COCCNS(=O)(=O)c1c(C)nn(-c2ccc(F)cc2)c1C.